The van der Waals surface area contributed by atoms with Crippen LogP contribution in [-0.2, 0) is 4.79 Å². The number of esters is 1. The third kappa shape index (κ3) is 2.62. The van der Waals surface area contributed by atoms with E-state index in [0.717, 1.165) is 4.47 Å². The molecule has 64 valence electrons. The Labute approximate surface area is 78.9 Å². The number of pyridine rings is 1. The Bertz CT molecular complexity index is 288. The van der Waals surface area contributed by atoms with Gasteiger partial charge in [-0.3, -0.25) is 9.78 Å². The van der Waals surface area contributed by atoms with Crippen molar-refractivity contribution in [2.24, 2.45) is 0 Å². The van der Waals surface area contributed by atoms with Crippen LogP contribution in [0.4, 0.5) is 0 Å². The Kier molecular flexibility index (Phi) is 3.22. The van der Waals surface area contributed by atoms with Gasteiger partial charge in [0, 0.05) is 17.1 Å². The van der Waals surface area contributed by atoms with E-state index >= 15 is 0 Å². The summed E-state index contributed by atoms with van der Waals surface area (Å²) >= 11 is 3.22. The van der Waals surface area contributed by atoms with E-state index in [4.69, 9.17) is 4.74 Å². The molecule has 0 saturated carbocycles. The Morgan fingerprint density at radius 1 is 1.67 bits per heavy atom. The summed E-state index contributed by atoms with van der Waals surface area (Å²) in [5.41, 5.74) is 0. The van der Waals surface area contributed by atoms with Gasteiger partial charge in [0.2, 0.25) is 0 Å². The van der Waals surface area contributed by atoms with Crippen LogP contribution >= 0.6 is 15.9 Å². The lowest BCUT2D eigenvalue weighted by atomic mass is 10.4. The molecule has 1 rings (SSSR count). The molecule has 0 fully saturated rings. The maximum Gasteiger partial charge on any atom is 0.310 e. The first-order chi connectivity index (χ1) is 5.72. The Balaban J connectivity index is 2.69. The third-order valence-corrected chi connectivity index (χ3v) is 1.63. The number of aromatic nitrogens is 1. The summed E-state index contributed by atoms with van der Waals surface area (Å²) in [6.45, 7) is 1.74. The second kappa shape index (κ2) is 4.21. The number of carbonyl (C=O) groups excluding carboxylic acids is 1. The summed E-state index contributed by atoms with van der Waals surface area (Å²) in [4.78, 5) is 14.7. The maximum atomic E-state index is 10.8. The first kappa shape index (κ1) is 9.19. The minimum absolute atomic E-state index is 0.255. The highest BCUT2D eigenvalue weighted by atomic mass is 79.9. The van der Waals surface area contributed by atoms with Crippen LogP contribution in [-0.4, -0.2) is 11.0 Å². The third-order valence-electron chi connectivity index (χ3n) is 1.20. The van der Waals surface area contributed by atoms with Gasteiger partial charge in [-0.05, 0) is 22.0 Å². The van der Waals surface area contributed by atoms with Crippen molar-refractivity contribution in [1.29, 1.82) is 0 Å². The quantitative estimate of drug-likeness (QED) is 0.730. The molecule has 0 saturated heterocycles. The van der Waals surface area contributed by atoms with E-state index in [2.05, 4.69) is 20.9 Å². The maximum absolute atomic E-state index is 10.8. The molecule has 1 aromatic heterocycles. The highest BCUT2D eigenvalue weighted by molar-refractivity contribution is 9.10. The van der Waals surface area contributed by atoms with Gasteiger partial charge in [-0.25, -0.2) is 0 Å². The van der Waals surface area contributed by atoms with E-state index in [-0.39, 0.29) is 5.97 Å². The molecule has 0 aliphatic carbocycles. The van der Waals surface area contributed by atoms with Crippen LogP contribution in [0.3, 0.4) is 0 Å². The molecular formula is C8H8BrNO2. The van der Waals surface area contributed by atoms with Gasteiger partial charge in [-0.2, -0.15) is 0 Å². The van der Waals surface area contributed by atoms with Crippen molar-refractivity contribution in [2.45, 2.75) is 13.3 Å². The monoisotopic (exact) mass is 229 g/mol. The van der Waals surface area contributed by atoms with E-state index in [1.54, 1.807) is 19.2 Å². The van der Waals surface area contributed by atoms with E-state index in [1.807, 2.05) is 0 Å². The standard InChI is InChI=1S/C8H8BrNO2/c1-2-8(11)12-7-3-6(9)4-10-5-7/h3-5H,2H2,1H3. The number of rotatable bonds is 2. The van der Waals surface area contributed by atoms with E-state index in [1.165, 1.54) is 6.20 Å². The highest BCUT2D eigenvalue weighted by Gasteiger charge is 2.01. The lowest BCUT2D eigenvalue weighted by Gasteiger charge is -2.00. The summed E-state index contributed by atoms with van der Waals surface area (Å²) in [6, 6.07) is 1.70. The predicted octanol–water partition coefficient (Wildman–Crippen LogP) is 2.16. The molecule has 0 aromatic carbocycles. The van der Waals surface area contributed by atoms with Crippen molar-refractivity contribution in [3.05, 3.63) is 22.9 Å². The van der Waals surface area contributed by atoms with Crippen LogP contribution in [0.15, 0.2) is 22.9 Å². The molecule has 1 heterocycles. The van der Waals surface area contributed by atoms with Crippen LogP contribution in [0.2, 0.25) is 0 Å². The number of carbonyl (C=O) groups is 1. The van der Waals surface area contributed by atoms with E-state index in [0.29, 0.717) is 12.2 Å². The van der Waals surface area contributed by atoms with Gasteiger partial charge in [0.05, 0.1) is 6.20 Å². The Morgan fingerprint density at radius 2 is 2.42 bits per heavy atom. The largest absolute Gasteiger partial charge is 0.425 e. The first-order valence-electron chi connectivity index (χ1n) is 3.53. The van der Waals surface area contributed by atoms with Crippen LogP contribution in [0, 0.1) is 0 Å². The average Bonchev–Trinajstić information content (AvgIpc) is 2.04. The molecule has 0 bridgehead atoms. The van der Waals surface area contributed by atoms with Gasteiger partial charge < -0.3 is 4.74 Å². The summed E-state index contributed by atoms with van der Waals surface area (Å²) in [5, 5.41) is 0. The summed E-state index contributed by atoms with van der Waals surface area (Å²) in [7, 11) is 0. The molecule has 12 heavy (non-hydrogen) atoms. The highest BCUT2D eigenvalue weighted by Crippen LogP contribution is 2.15. The number of hydrogen-bond acceptors (Lipinski definition) is 3. The zero-order valence-electron chi connectivity index (χ0n) is 6.58. The second-order valence-corrected chi connectivity index (χ2v) is 3.08. The van der Waals surface area contributed by atoms with Crippen molar-refractivity contribution in [3.63, 3.8) is 0 Å². The average molecular weight is 230 g/mol. The number of ether oxygens (including phenoxy) is 1. The molecule has 0 unspecified atom stereocenters. The van der Waals surface area contributed by atoms with Gasteiger partial charge in [0.25, 0.3) is 0 Å². The van der Waals surface area contributed by atoms with Crippen molar-refractivity contribution >= 4 is 21.9 Å². The smallest absolute Gasteiger partial charge is 0.310 e. The second-order valence-electron chi connectivity index (χ2n) is 2.17. The number of hydrogen-bond donors (Lipinski definition) is 0. The van der Waals surface area contributed by atoms with Crippen molar-refractivity contribution < 1.29 is 9.53 Å². The molecule has 0 spiro atoms. The van der Waals surface area contributed by atoms with Crippen LogP contribution in [0.5, 0.6) is 5.75 Å². The number of nitrogens with zero attached hydrogens (tertiary/aromatic N) is 1. The molecule has 3 nitrogen and oxygen atoms in total. The zero-order chi connectivity index (χ0) is 8.97. The van der Waals surface area contributed by atoms with Crippen LogP contribution in [0.25, 0.3) is 0 Å². The molecule has 4 heteroatoms. The molecule has 0 radical (unpaired) electrons. The van der Waals surface area contributed by atoms with Crippen molar-refractivity contribution in [1.82, 2.24) is 4.98 Å². The van der Waals surface area contributed by atoms with Crippen molar-refractivity contribution in [2.75, 3.05) is 0 Å². The Hall–Kier alpha value is -0.900. The fraction of sp³-hybridized carbons (Fsp3) is 0.250. The lowest BCUT2D eigenvalue weighted by molar-refractivity contribution is -0.134. The van der Waals surface area contributed by atoms with Gasteiger partial charge >= 0.3 is 5.97 Å². The van der Waals surface area contributed by atoms with Crippen molar-refractivity contribution in [3.8, 4) is 5.75 Å². The SMILES string of the molecule is CCC(=O)Oc1cncc(Br)c1. The predicted molar refractivity (Wildman–Crippen MR) is 47.9 cm³/mol. The van der Waals surface area contributed by atoms with Gasteiger partial charge in [-0.15, -0.1) is 0 Å². The minimum atomic E-state index is -0.255. The Morgan fingerprint density at radius 3 is 3.00 bits per heavy atom. The molecule has 0 N–H and O–H groups in total. The van der Waals surface area contributed by atoms with Crippen LogP contribution in [0.1, 0.15) is 13.3 Å². The zero-order valence-corrected chi connectivity index (χ0v) is 8.17. The summed E-state index contributed by atoms with van der Waals surface area (Å²) < 4.78 is 5.71. The normalized spacial score (nSPS) is 9.50. The van der Waals surface area contributed by atoms with E-state index in [9.17, 15) is 4.79 Å². The minimum Gasteiger partial charge on any atom is -0.425 e. The van der Waals surface area contributed by atoms with Crippen LogP contribution < -0.4 is 4.74 Å². The number of halogens is 1. The fourth-order valence-electron chi connectivity index (χ4n) is 0.652. The van der Waals surface area contributed by atoms with Gasteiger partial charge in [-0.1, -0.05) is 6.92 Å². The molecule has 0 aliphatic rings. The fourth-order valence-corrected chi connectivity index (χ4v) is 0.996. The topological polar surface area (TPSA) is 39.2 Å². The molecule has 0 amide bonds. The molecule has 0 aliphatic heterocycles. The molecular weight excluding hydrogens is 222 g/mol. The lowest BCUT2D eigenvalue weighted by Crippen LogP contribution is -2.05. The summed E-state index contributed by atoms with van der Waals surface area (Å²) in [5.74, 6) is 0.214. The molecule has 0 atom stereocenters. The first-order valence-corrected chi connectivity index (χ1v) is 4.33. The summed E-state index contributed by atoms with van der Waals surface area (Å²) in [6.07, 6.45) is 3.49. The van der Waals surface area contributed by atoms with Gasteiger partial charge in [0.1, 0.15) is 5.75 Å². The molecule has 1 aromatic rings. The van der Waals surface area contributed by atoms with Gasteiger partial charge in [0.15, 0.2) is 0 Å². The van der Waals surface area contributed by atoms with E-state index < -0.39 is 0 Å².